The molecule has 116 valence electrons. The number of nitrogens with one attached hydrogen (secondary N) is 1. The molecule has 0 saturated carbocycles. The van der Waals surface area contributed by atoms with Crippen molar-refractivity contribution in [1.82, 2.24) is 20.1 Å². The summed E-state index contributed by atoms with van der Waals surface area (Å²) in [5.74, 6) is 1.49. The average molecular weight is 298 g/mol. The number of benzene rings is 1. The summed E-state index contributed by atoms with van der Waals surface area (Å²) >= 11 is 0. The minimum absolute atomic E-state index is 0.716. The largest absolute Gasteiger partial charge is 0.365 e. The van der Waals surface area contributed by atoms with Crippen LogP contribution in [-0.2, 0) is 6.54 Å². The zero-order valence-corrected chi connectivity index (χ0v) is 12.9. The molecule has 1 N–H and O–H groups in total. The lowest BCUT2D eigenvalue weighted by molar-refractivity contribution is 0.269. The Labute approximate surface area is 131 Å². The first-order chi connectivity index (χ1) is 10.8. The Balaban J connectivity index is 1.60. The Morgan fingerprint density at radius 2 is 1.86 bits per heavy atom. The molecule has 2 heterocycles. The molecule has 1 aromatic carbocycles. The molecule has 22 heavy (non-hydrogen) atoms. The van der Waals surface area contributed by atoms with Crippen LogP contribution < -0.4 is 10.2 Å². The first kappa shape index (κ1) is 14.7. The smallest absolute Gasteiger partial charge is 0.247 e. The molecular weight excluding hydrogens is 276 g/mol. The van der Waals surface area contributed by atoms with Crippen LogP contribution in [0.2, 0.25) is 0 Å². The molecule has 6 nitrogen and oxygen atoms in total. The Bertz CT molecular complexity index is 580. The summed E-state index contributed by atoms with van der Waals surface area (Å²) in [7, 11) is 0. The van der Waals surface area contributed by atoms with Gasteiger partial charge in [0.25, 0.3) is 0 Å². The standard InChI is InChI=1S/C16H22N6/c1-2-21-8-10-22(11-9-21)16-19-15(13-18-20-16)17-12-14-6-4-3-5-7-14/h3-7,13H,2,8-12H2,1H3,(H,17,19,20). The number of anilines is 2. The topological polar surface area (TPSA) is 57.2 Å². The van der Waals surface area contributed by atoms with Gasteiger partial charge in [-0.25, -0.2) is 0 Å². The number of piperazine rings is 1. The molecule has 0 spiro atoms. The Hall–Kier alpha value is -2.21. The van der Waals surface area contributed by atoms with E-state index < -0.39 is 0 Å². The molecule has 1 aromatic heterocycles. The van der Waals surface area contributed by atoms with Gasteiger partial charge in [-0.3, -0.25) is 0 Å². The van der Waals surface area contributed by atoms with Gasteiger partial charge in [-0.2, -0.15) is 10.1 Å². The van der Waals surface area contributed by atoms with Gasteiger partial charge in [0.15, 0.2) is 5.82 Å². The highest BCUT2D eigenvalue weighted by atomic mass is 15.4. The number of aromatic nitrogens is 3. The van der Waals surface area contributed by atoms with Gasteiger partial charge in [0, 0.05) is 32.7 Å². The first-order valence-corrected chi connectivity index (χ1v) is 7.80. The molecular formula is C16H22N6. The molecule has 1 fully saturated rings. The Kier molecular flexibility index (Phi) is 4.80. The van der Waals surface area contributed by atoms with E-state index in [-0.39, 0.29) is 0 Å². The number of hydrogen-bond acceptors (Lipinski definition) is 6. The van der Waals surface area contributed by atoms with Gasteiger partial charge in [-0.1, -0.05) is 37.3 Å². The van der Waals surface area contributed by atoms with Gasteiger partial charge in [0.2, 0.25) is 5.95 Å². The highest BCUT2D eigenvalue weighted by Gasteiger charge is 2.18. The van der Waals surface area contributed by atoms with Gasteiger partial charge in [-0.15, -0.1) is 5.10 Å². The third-order valence-corrected chi connectivity index (χ3v) is 3.97. The average Bonchev–Trinajstić information content (AvgIpc) is 2.61. The summed E-state index contributed by atoms with van der Waals surface area (Å²) in [5, 5.41) is 11.6. The highest BCUT2D eigenvalue weighted by molar-refractivity contribution is 5.40. The lowest BCUT2D eigenvalue weighted by atomic mass is 10.2. The van der Waals surface area contributed by atoms with Gasteiger partial charge in [0.1, 0.15) is 0 Å². The fourth-order valence-corrected chi connectivity index (χ4v) is 2.57. The monoisotopic (exact) mass is 298 g/mol. The van der Waals surface area contributed by atoms with E-state index in [0.29, 0.717) is 5.95 Å². The SMILES string of the molecule is CCN1CCN(c2nncc(NCc3ccccc3)n2)CC1. The van der Waals surface area contributed by atoms with Crippen LogP contribution in [0, 0.1) is 0 Å². The van der Waals surface area contributed by atoms with Crippen molar-refractivity contribution in [2.24, 2.45) is 0 Å². The van der Waals surface area contributed by atoms with Crippen LogP contribution in [-0.4, -0.2) is 52.8 Å². The van der Waals surface area contributed by atoms with Gasteiger partial charge >= 0.3 is 0 Å². The van der Waals surface area contributed by atoms with E-state index in [4.69, 9.17) is 0 Å². The Morgan fingerprint density at radius 1 is 1.09 bits per heavy atom. The van der Waals surface area contributed by atoms with Crippen LogP contribution in [0.1, 0.15) is 12.5 Å². The third-order valence-electron chi connectivity index (χ3n) is 3.97. The summed E-state index contributed by atoms with van der Waals surface area (Å²) in [6.07, 6.45) is 1.68. The fourth-order valence-electron chi connectivity index (χ4n) is 2.57. The first-order valence-electron chi connectivity index (χ1n) is 7.80. The minimum Gasteiger partial charge on any atom is -0.365 e. The van der Waals surface area contributed by atoms with Crippen molar-refractivity contribution in [1.29, 1.82) is 0 Å². The number of hydrogen-bond donors (Lipinski definition) is 1. The molecule has 1 aliphatic rings. The molecule has 0 amide bonds. The molecule has 0 bridgehead atoms. The van der Waals surface area contributed by atoms with Crippen LogP contribution in [0.3, 0.4) is 0 Å². The van der Waals surface area contributed by atoms with Crippen molar-refractivity contribution in [2.75, 3.05) is 42.9 Å². The van der Waals surface area contributed by atoms with E-state index >= 15 is 0 Å². The van der Waals surface area contributed by atoms with E-state index in [0.717, 1.165) is 45.1 Å². The lowest BCUT2D eigenvalue weighted by Gasteiger charge is -2.33. The van der Waals surface area contributed by atoms with E-state index in [1.165, 1.54) is 5.56 Å². The summed E-state index contributed by atoms with van der Waals surface area (Å²) in [4.78, 5) is 9.22. The minimum atomic E-state index is 0.716. The third kappa shape index (κ3) is 3.71. The van der Waals surface area contributed by atoms with Crippen molar-refractivity contribution in [3.05, 3.63) is 42.1 Å². The fraction of sp³-hybridized carbons (Fsp3) is 0.438. The summed E-state index contributed by atoms with van der Waals surface area (Å²) < 4.78 is 0. The van der Waals surface area contributed by atoms with Crippen LogP contribution >= 0.6 is 0 Å². The van der Waals surface area contributed by atoms with Gasteiger partial charge in [0.05, 0.1) is 6.20 Å². The zero-order chi connectivity index (χ0) is 15.2. The molecule has 0 aliphatic carbocycles. The van der Waals surface area contributed by atoms with Crippen LogP contribution in [0.15, 0.2) is 36.5 Å². The summed E-state index contributed by atoms with van der Waals surface area (Å²) in [5.41, 5.74) is 1.22. The van der Waals surface area contributed by atoms with Crippen molar-refractivity contribution < 1.29 is 0 Å². The van der Waals surface area contributed by atoms with Gasteiger partial charge in [-0.05, 0) is 12.1 Å². The van der Waals surface area contributed by atoms with E-state index in [1.807, 2.05) is 18.2 Å². The van der Waals surface area contributed by atoms with Crippen molar-refractivity contribution in [3.8, 4) is 0 Å². The van der Waals surface area contributed by atoms with Crippen LogP contribution in [0.4, 0.5) is 11.8 Å². The lowest BCUT2D eigenvalue weighted by Crippen LogP contribution is -2.46. The summed E-state index contributed by atoms with van der Waals surface area (Å²) in [6.45, 7) is 8.06. The van der Waals surface area contributed by atoms with E-state index in [9.17, 15) is 0 Å². The maximum absolute atomic E-state index is 4.59. The molecule has 2 aromatic rings. The van der Waals surface area contributed by atoms with Crippen molar-refractivity contribution in [2.45, 2.75) is 13.5 Å². The zero-order valence-electron chi connectivity index (χ0n) is 12.9. The molecule has 6 heteroatoms. The number of likely N-dealkylation sites (N-methyl/N-ethyl adjacent to an activating group) is 1. The van der Waals surface area contributed by atoms with Crippen LogP contribution in [0.5, 0.6) is 0 Å². The molecule has 3 rings (SSSR count). The second-order valence-corrected chi connectivity index (χ2v) is 5.40. The van der Waals surface area contributed by atoms with Crippen molar-refractivity contribution in [3.63, 3.8) is 0 Å². The number of rotatable bonds is 5. The summed E-state index contributed by atoms with van der Waals surface area (Å²) in [6, 6.07) is 10.3. The molecule has 0 atom stereocenters. The normalized spacial score (nSPS) is 15.8. The quantitative estimate of drug-likeness (QED) is 0.905. The molecule has 1 saturated heterocycles. The highest BCUT2D eigenvalue weighted by Crippen LogP contribution is 2.13. The van der Waals surface area contributed by atoms with Crippen LogP contribution in [0.25, 0.3) is 0 Å². The van der Waals surface area contributed by atoms with Crippen molar-refractivity contribution >= 4 is 11.8 Å². The molecule has 0 unspecified atom stereocenters. The molecule has 1 aliphatic heterocycles. The van der Waals surface area contributed by atoms with Gasteiger partial charge < -0.3 is 15.1 Å². The second-order valence-electron chi connectivity index (χ2n) is 5.40. The van der Waals surface area contributed by atoms with E-state index in [1.54, 1.807) is 6.20 Å². The predicted molar refractivity (Wildman–Crippen MR) is 87.9 cm³/mol. The maximum atomic E-state index is 4.59. The number of nitrogens with zero attached hydrogens (tertiary/aromatic N) is 5. The maximum Gasteiger partial charge on any atom is 0.247 e. The second kappa shape index (κ2) is 7.17. The Morgan fingerprint density at radius 3 is 2.59 bits per heavy atom. The van der Waals surface area contributed by atoms with E-state index in [2.05, 4.69) is 49.4 Å². The molecule has 0 radical (unpaired) electrons. The predicted octanol–water partition coefficient (Wildman–Crippen LogP) is 1.63.